The first kappa shape index (κ1) is 15.0. The Morgan fingerprint density at radius 3 is 2.63 bits per heavy atom. The molecule has 0 aliphatic heterocycles. The molecule has 0 aliphatic rings. The van der Waals surface area contributed by atoms with E-state index in [1.807, 2.05) is 19.9 Å². The number of ether oxygens (including phenoxy) is 1. The minimum Gasteiger partial charge on any atom is -0.496 e. The third-order valence-corrected chi connectivity index (χ3v) is 2.75. The molecule has 4 heteroatoms. The molecule has 1 aromatic rings. The molecule has 1 N–H and O–H groups in total. The number of amides is 1. The molecule has 0 unspecified atom stereocenters. The van der Waals surface area contributed by atoms with Crippen molar-refractivity contribution in [2.45, 2.75) is 19.8 Å². The Hall–Kier alpha value is -2.10. The highest BCUT2D eigenvalue weighted by Gasteiger charge is 2.20. The molecule has 102 valence electrons. The number of hydrogen-bond acceptors (Lipinski definition) is 3. The van der Waals surface area contributed by atoms with Crippen LogP contribution in [-0.4, -0.2) is 25.3 Å². The van der Waals surface area contributed by atoms with Crippen LogP contribution < -0.4 is 10.1 Å². The van der Waals surface area contributed by atoms with Crippen molar-refractivity contribution in [3.05, 3.63) is 42.0 Å². The smallest absolute Gasteiger partial charge is 0.292 e. The van der Waals surface area contributed by atoms with E-state index in [4.69, 9.17) is 4.74 Å². The lowest BCUT2D eigenvalue weighted by molar-refractivity contribution is -0.116. The summed E-state index contributed by atoms with van der Waals surface area (Å²) in [5, 5.41) is 2.47. The number of carbonyl (C=O) groups is 2. The molecule has 0 saturated heterocycles. The van der Waals surface area contributed by atoms with E-state index in [1.165, 1.54) is 13.2 Å². The van der Waals surface area contributed by atoms with Crippen LogP contribution in [0.3, 0.4) is 0 Å². The fourth-order valence-electron chi connectivity index (χ4n) is 1.63. The number of ketones is 1. The second kappa shape index (κ2) is 6.73. The third-order valence-electron chi connectivity index (χ3n) is 2.75. The molecule has 1 amide bonds. The van der Waals surface area contributed by atoms with Crippen LogP contribution in [0.4, 0.5) is 0 Å². The van der Waals surface area contributed by atoms with E-state index in [1.54, 1.807) is 12.1 Å². The van der Waals surface area contributed by atoms with Crippen molar-refractivity contribution >= 4 is 11.7 Å². The molecule has 1 rings (SSSR count). The lowest BCUT2D eigenvalue weighted by atomic mass is 9.98. The number of benzene rings is 1. The molecule has 0 radical (unpaired) electrons. The summed E-state index contributed by atoms with van der Waals surface area (Å²) in [6, 6.07) is 5.31. The van der Waals surface area contributed by atoms with E-state index in [9.17, 15) is 9.59 Å². The zero-order chi connectivity index (χ0) is 14.4. The fraction of sp³-hybridized carbons (Fsp3) is 0.333. The Labute approximate surface area is 113 Å². The first-order valence-corrected chi connectivity index (χ1v) is 6.12. The first-order chi connectivity index (χ1) is 9.01. The molecule has 0 saturated carbocycles. The molecular formula is C15H19NO3. The summed E-state index contributed by atoms with van der Waals surface area (Å²) in [5.41, 5.74) is 1.27. The van der Waals surface area contributed by atoms with Crippen LogP contribution >= 0.6 is 0 Å². The van der Waals surface area contributed by atoms with Crippen LogP contribution in [0, 0.1) is 0 Å². The van der Waals surface area contributed by atoms with Crippen LogP contribution in [0.15, 0.2) is 30.9 Å². The number of methoxy groups -OCH3 is 1. The largest absolute Gasteiger partial charge is 0.496 e. The number of rotatable bonds is 6. The van der Waals surface area contributed by atoms with E-state index < -0.39 is 11.7 Å². The number of nitrogens with one attached hydrogen (secondary N) is 1. The summed E-state index contributed by atoms with van der Waals surface area (Å²) in [7, 11) is 1.48. The fourth-order valence-corrected chi connectivity index (χ4v) is 1.63. The van der Waals surface area contributed by atoms with Crippen molar-refractivity contribution in [3.8, 4) is 5.75 Å². The van der Waals surface area contributed by atoms with Gasteiger partial charge in [0.1, 0.15) is 5.75 Å². The van der Waals surface area contributed by atoms with E-state index in [0.717, 1.165) is 5.56 Å². The lowest BCUT2D eigenvalue weighted by Gasteiger charge is -2.11. The van der Waals surface area contributed by atoms with Gasteiger partial charge < -0.3 is 10.1 Å². The minimum absolute atomic E-state index is 0.261. The van der Waals surface area contributed by atoms with Gasteiger partial charge in [-0.25, -0.2) is 0 Å². The zero-order valence-electron chi connectivity index (χ0n) is 11.5. The Bertz CT molecular complexity index is 492. The average Bonchev–Trinajstić information content (AvgIpc) is 2.42. The van der Waals surface area contributed by atoms with Crippen molar-refractivity contribution in [1.29, 1.82) is 0 Å². The second-order valence-corrected chi connectivity index (χ2v) is 4.44. The molecule has 0 aromatic heterocycles. The Balaban J connectivity index is 3.08. The van der Waals surface area contributed by atoms with Gasteiger partial charge in [0, 0.05) is 6.54 Å². The summed E-state index contributed by atoms with van der Waals surface area (Å²) in [4.78, 5) is 23.8. The van der Waals surface area contributed by atoms with Crippen LogP contribution in [0.2, 0.25) is 0 Å². The molecule has 19 heavy (non-hydrogen) atoms. The van der Waals surface area contributed by atoms with Gasteiger partial charge >= 0.3 is 0 Å². The first-order valence-electron chi connectivity index (χ1n) is 6.12. The molecular weight excluding hydrogens is 242 g/mol. The van der Waals surface area contributed by atoms with Gasteiger partial charge in [0.2, 0.25) is 0 Å². The quantitative estimate of drug-likeness (QED) is 0.485. The van der Waals surface area contributed by atoms with E-state index in [-0.39, 0.29) is 18.0 Å². The molecule has 0 aliphatic carbocycles. The Morgan fingerprint density at radius 1 is 1.42 bits per heavy atom. The van der Waals surface area contributed by atoms with Crippen molar-refractivity contribution in [3.63, 3.8) is 0 Å². The van der Waals surface area contributed by atoms with Crippen molar-refractivity contribution < 1.29 is 14.3 Å². The monoisotopic (exact) mass is 261 g/mol. The molecule has 0 spiro atoms. The van der Waals surface area contributed by atoms with Gasteiger partial charge in [0.25, 0.3) is 11.7 Å². The van der Waals surface area contributed by atoms with Crippen molar-refractivity contribution in [1.82, 2.24) is 5.32 Å². The molecule has 0 bridgehead atoms. The maximum atomic E-state index is 12.1. The normalized spacial score (nSPS) is 10.1. The SMILES string of the molecule is C=CCNC(=O)C(=O)c1cc(C(C)C)ccc1OC. The molecule has 0 heterocycles. The number of hydrogen-bond donors (Lipinski definition) is 1. The van der Waals surface area contributed by atoms with E-state index in [0.29, 0.717) is 5.75 Å². The topological polar surface area (TPSA) is 55.4 Å². The highest BCUT2D eigenvalue weighted by molar-refractivity contribution is 6.43. The maximum absolute atomic E-state index is 12.1. The second-order valence-electron chi connectivity index (χ2n) is 4.44. The van der Waals surface area contributed by atoms with Gasteiger partial charge in [-0.1, -0.05) is 26.0 Å². The summed E-state index contributed by atoms with van der Waals surface area (Å²) >= 11 is 0. The average molecular weight is 261 g/mol. The predicted octanol–water partition coefficient (Wildman–Crippen LogP) is 2.30. The van der Waals surface area contributed by atoms with Crippen LogP contribution in [0.25, 0.3) is 0 Å². The van der Waals surface area contributed by atoms with Gasteiger partial charge in [0.15, 0.2) is 0 Å². The Morgan fingerprint density at radius 2 is 2.11 bits per heavy atom. The summed E-state index contributed by atoms with van der Waals surface area (Å²) in [5.74, 6) is -0.572. The minimum atomic E-state index is -0.654. The predicted molar refractivity (Wildman–Crippen MR) is 74.6 cm³/mol. The van der Waals surface area contributed by atoms with Crippen molar-refractivity contribution in [2.24, 2.45) is 0 Å². The van der Waals surface area contributed by atoms with Crippen LogP contribution in [0.5, 0.6) is 5.75 Å². The molecule has 1 aromatic carbocycles. The number of Topliss-reactive ketones (excluding diaryl/α,β-unsaturated/α-hetero) is 1. The van der Waals surface area contributed by atoms with Crippen LogP contribution in [-0.2, 0) is 4.79 Å². The lowest BCUT2D eigenvalue weighted by Crippen LogP contribution is -2.31. The highest BCUT2D eigenvalue weighted by Crippen LogP contribution is 2.24. The van der Waals surface area contributed by atoms with Gasteiger partial charge in [-0.2, -0.15) is 0 Å². The third kappa shape index (κ3) is 3.68. The maximum Gasteiger partial charge on any atom is 0.292 e. The van der Waals surface area contributed by atoms with Crippen LogP contribution in [0.1, 0.15) is 35.7 Å². The standard InChI is InChI=1S/C15H19NO3/c1-5-8-16-15(18)14(17)12-9-11(10(2)3)6-7-13(12)19-4/h5-7,9-10H,1,8H2,2-4H3,(H,16,18). The summed E-state index contributed by atoms with van der Waals surface area (Å²) < 4.78 is 5.13. The Kier molecular flexibility index (Phi) is 5.30. The van der Waals surface area contributed by atoms with E-state index in [2.05, 4.69) is 11.9 Å². The van der Waals surface area contributed by atoms with Gasteiger partial charge in [-0.3, -0.25) is 9.59 Å². The molecule has 0 atom stereocenters. The summed E-state index contributed by atoms with van der Waals surface area (Å²) in [6.07, 6.45) is 1.52. The molecule has 0 fully saturated rings. The highest BCUT2D eigenvalue weighted by atomic mass is 16.5. The van der Waals surface area contributed by atoms with Gasteiger partial charge in [-0.05, 0) is 23.6 Å². The number of carbonyl (C=O) groups excluding carboxylic acids is 2. The van der Waals surface area contributed by atoms with Gasteiger partial charge in [-0.15, -0.1) is 6.58 Å². The molecule has 4 nitrogen and oxygen atoms in total. The van der Waals surface area contributed by atoms with Crippen molar-refractivity contribution in [2.75, 3.05) is 13.7 Å². The van der Waals surface area contributed by atoms with Gasteiger partial charge in [0.05, 0.1) is 12.7 Å². The summed E-state index contributed by atoms with van der Waals surface area (Å²) in [6.45, 7) is 7.79. The zero-order valence-corrected chi connectivity index (χ0v) is 11.5. The van der Waals surface area contributed by atoms with E-state index >= 15 is 0 Å².